The summed E-state index contributed by atoms with van der Waals surface area (Å²) in [6, 6.07) is 0. The zero-order valence-corrected chi connectivity index (χ0v) is 7.88. The monoisotopic (exact) mass is 171 g/mol. The highest BCUT2D eigenvalue weighted by Crippen LogP contribution is 2.31. The molecule has 0 radical (unpaired) electrons. The second-order valence-electron chi connectivity index (χ2n) is 4.02. The van der Waals surface area contributed by atoms with E-state index in [0.717, 1.165) is 19.6 Å². The van der Waals surface area contributed by atoms with Crippen LogP contribution in [0, 0.1) is 0 Å². The lowest BCUT2D eigenvalue weighted by Crippen LogP contribution is -2.48. The van der Waals surface area contributed by atoms with Gasteiger partial charge in [0.1, 0.15) is 5.60 Å². The van der Waals surface area contributed by atoms with Gasteiger partial charge in [0.25, 0.3) is 0 Å². The molecule has 2 aliphatic heterocycles. The predicted octanol–water partition coefficient (Wildman–Crippen LogP) is 0.844. The molecular weight excluding hydrogens is 154 g/mol. The number of hydrogen-bond donors (Lipinski definition) is 0. The van der Waals surface area contributed by atoms with E-state index < -0.39 is 0 Å². The average molecular weight is 171 g/mol. The molecule has 3 nitrogen and oxygen atoms in total. The third-order valence-corrected chi connectivity index (χ3v) is 2.73. The topological polar surface area (TPSA) is 21.7 Å². The van der Waals surface area contributed by atoms with E-state index in [1.54, 1.807) is 0 Å². The molecule has 12 heavy (non-hydrogen) atoms. The van der Waals surface area contributed by atoms with Crippen molar-refractivity contribution in [3.63, 3.8) is 0 Å². The molecular formula is C9H17NO2. The largest absolute Gasteiger partial charge is 0.350 e. The lowest BCUT2D eigenvalue weighted by Gasteiger charge is -2.36. The summed E-state index contributed by atoms with van der Waals surface area (Å²) >= 11 is 0. The predicted molar refractivity (Wildman–Crippen MR) is 46.0 cm³/mol. The van der Waals surface area contributed by atoms with Gasteiger partial charge in [-0.2, -0.15) is 0 Å². The highest BCUT2D eigenvalue weighted by Gasteiger charge is 2.41. The SMILES string of the molecule is CC1OCC2(CCCN(C)C2)O1. The second kappa shape index (κ2) is 2.98. The van der Waals surface area contributed by atoms with Crippen LogP contribution in [-0.2, 0) is 9.47 Å². The van der Waals surface area contributed by atoms with E-state index in [1.165, 1.54) is 13.0 Å². The molecule has 0 N–H and O–H groups in total. The Morgan fingerprint density at radius 1 is 1.50 bits per heavy atom. The minimum atomic E-state index is -0.00324. The molecule has 2 rings (SSSR count). The molecule has 2 aliphatic rings. The fourth-order valence-corrected chi connectivity index (χ4v) is 2.22. The number of likely N-dealkylation sites (tertiary alicyclic amines) is 1. The number of rotatable bonds is 0. The number of nitrogens with zero attached hydrogens (tertiary/aromatic N) is 1. The van der Waals surface area contributed by atoms with Crippen molar-refractivity contribution in [1.82, 2.24) is 4.90 Å². The molecule has 70 valence electrons. The summed E-state index contributed by atoms with van der Waals surface area (Å²) in [7, 11) is 2.15. The third kappa shape index (κ3) is 1.49. The van der Waals surface area contributed by atoms with Gasteiger partial charge in [0.15, 0.2) is 6.29 Å². The highest BCUT2D eigenvalue weighted by molar-refractivity contribution is 4.90. The first-order valence-electron chi connectivity index (χ1n) is 4.68. The van der Waals surface area contributed by atoms with Crippen molar-refractivity contribution in [3.8, 4) is 0 Å². The highest BCUT2D eigenvalue weighted by atomic mass is 16.7. The molecule has 0 aromatic heterocycles. The van der Waals surface area contributed by atoms with Crippen molar-refractivity contribution in [3.05, 3.63) is 0 Å². The summed E-state index contributed by atoms with van der Waals surface area (Å²) in [6.07, 6.45) is 2.38. The molecule has 0 bridgehead atoms. The molecule has 1 spiro atoms. The normalized spacial score (nSPS) is 44.0. The lowest BCUT2D eigenvalue weighted by atomic mass is 9.94. The van der Waals surface area contributed by atoms with E-state index in [9.17, 15) is 0 Å². The van der Waals surface area contributed by atoms with Crippen LogP contribution in [0.25, 0.3) is 0 Å². The maximum Gasteiger partial charge on any atom is 0.155 e. The fraction of sp³-hybridized carbons (Fsp3) is 1.00. The molecule has 2 heterocycles. The van der Waals surface area contributed by atoms with Crippen LogP contribution in [0.15, 0.2) is 0 Å². The van der Waals surface area contributed by atoms with Crippen molar-refractivity contribution in [2.24, 2.45) is 0 Å². The second-order valence-corrected chi connectivity index (χ2v) is 4.02. The van der Waals surface area contributed by atoms with Crippen LogP contribution in [0.3, 0.4) is 0 Å². The summed E-state index contributed by atoms with van der Waals surface area (Å²) in [5.41, 5.74) is 0.0203. The van der Waals surface area contributed by atoms with Crippen LogP contribution in [0.4, 0.5) is 0 Å². The van der Waals surface area contributed by atoms with E-state index >= 15 is 0 Å². The van der Waals surface area contributed by atoms with Crippen molar-refractivity contribution in [1.29, 1.82) is 0 Å². The van der Waals surface area contributed by atoms with Crippen LogP contribution in [0.1, 0.15) is 19.8 Å². The molecule has 2 fully saturated rings. The van der Waals surface area contributed by atoms with Gasteiger partial charge in [0.2, 0.25) is 0 Å². The van der Waals surface area contributed by atoms with Gasteiger partial charge >= 0.3 is 0 Å². The van der Waals surface area contributed by atoms with Gasteiger partial charge in [-0.3, -0.25) is 0 Å². The van der Waals surface area contributed by atoms with Gasteiger partial charge in [0.05, 0.1) is 6.61 Å². The van der Waals surface area contributed by atoms with E-state index in [0.29, 0.717) is 0 Å². The smallest absolute Gasteiger partial charge is 0.155 e. The van der Waals surface area contributed by atoms with Crippen molar-refractivity contribution in [2.45, 2.75) is 31.7 Å². The molecule has 3 heteroatoms. The van der Waals surface area contributed by atoms with Crippen molar-refractivity contribution in [2.75, 3.05) is 26.7 Å². The molecule has 2 saturated heterocycles. The lowest BCUT2D eigenvalue weighted by molar-refractivity contribution is -0.0967. The van der Waals surface area contributed by atoms with Gasteiger partial charge in [-0.05, 0) is 33.4 Å². The summed E-state index contributed by atoms with van der Waals surface area (Å²) < 4.78 is 11.2. The maximum absolute atomic E-state index is 5.80. The molecule has 2 atom stereocenters. The Kier molecular flexibility index (Phi) is 2.10. The maximum atomic E-state index is 5.80. The Hall–Kier alpha value is -0.120. The first-order chi connectivity index (χ1) is 5.70. The molecule has 0 amide bonds. The Morgan fingerprint density at radius 3 is 2.92 bits per heavy atom. The Labute approximate surface area is 73.6 Å². The minimum absolute atomic E-state index is 0.00324. The van der Waals surface area contributed by atoms with E-state index in [4.69, 9.17) is 9.47 Å². The minimum Gasteiger partial charge on any atom is -0.350 e. The zero-order valence-electron chi connectivity index (χ0n) is 7.88. The van der Waals surface area contributed by atoms with E-state index in [1.807, 2.05) is 6.92 Å². The Morgan fingerprint density at radius 2 is 2.33 bits per heavy atom. The standard InChI is InChI=1S/C9H17NO2/c1-8-11-7-9(12-8)4-3-5-10(2)6-9/h8H,3-7H2,1-2H3. The summed E-state index contributed by atoms with van der Waals surface area (Å²) in [5, 5.41) is 0. The van der Waals surface area contributed by atoms with E-state index in [-0.39, 0.29) is 11.9 Å². The number of hydrogen-bond acceptors (Lipinski definition) is 3. The van der Waals surface area contributed by atoms with Crippen LogP contribution < -0.4 is 0 Å². The Balaban J connectivity index is 2.00. The van der Waals surface area contributed by atoms with Gasteiger partial charge < -0.3 is 14.4 Å². The van der Waals surface area contributed by atoms with Crippen LogP contribution in [-0.4, -0.2) is 43.5 Å². The van der Waals surface area contributed by atoms with Gasteiger partial charge in [-0.25, -0.2) is 0 Å². The molecule has 0 aromatic carbocycles. The molecule has 0 aliphatic carbocycles. The van der Waals surface area contributed by atoms with Crippen LogP contribution in [0.2, 0.25) is 0 Å². The Bertz CT molecular complexity index is 170. The van der Waals surface area contributed by atoms with Gasteiger partial charge in [0, 0.05) is 6.54 Å². The van der Waals surface area contributed by atoms with E-state index in [2.05, 4.69) is 11.9 Å². The first kappa shape index (κ1) is 8.48. The molecule has 2 unspecified atom stereocenters. The van der Waals surface area contributed by atoms with Crippen LogP contribution in [0.5, 0.6) is 0 Å². The summed E-state index contributed by atoms with van der Waals surface area (Å²) in [5.74, 6) is 0. The van der Waals surface area contributed by atoms with Crippen LogP contribution >= 0.6 is 0 Å². The number of ether oxygens (including phenoxy) is 2. The average Bonchev–Trinajstić information content (AvgIpc) is 2.32. The first-order valence-corrected chi connectivity index (χ1v) is 4.68. The van der Waals surface area contributed by atoms with Crippen molar-refractivity contribution >= 4 is 0 Å². The molecule has 0 aromatic rings. The third-order valence-electron chi connectivity index (χ3n) is 2.73. The summed E-state index contributed by atoms with van der Waals surface area (Å²) in [6.45, 7) is 4.97. The van der Waals surface area contributed by atoms with Gasteiger partial charge in [-0.15, -0.1) is 0 Å². The number of piperidine rings is 1. The quantitative estimate of drug-likeness (QED) is 0.539. The van der Waals surface area contributed by atoms with Crippen molar-refractivity contribution < 1.29 is 9.47 Å². The van der Waals surface area contributed by atoms with Gasteiger partial charge in [-0.1, -0.05) is 0 Å². The fourth-order valence-electron chi connectivity index (χ4n) is 2.22. The zero-order chi connectivity index (χ0) is 8.60. The molecule has 0 saturated carbocycles. The number of likely N-dealkylation sites (N-methyl/N-ethyl adjacent to an activating group) is 1. The summed E-state index contributed by atoms with van der Waals surface area (Å²) in [4.78, 5) is 2.32.